The Morgan fingerprint density at radius 1 is 1.21 bits per heavy atom. The Labute approximate surface area is 229 Å². The maximum Gasteiger partial charge on any atom is 0.416 e. The van der Waals surface area contributed by atoms with Crippen LogP contribution in [-0.2, 0) is 22.2 Å². The van der Waals surface area contributed by atoms with Crippen LogP contribution in [0.3, 0.4) is 0 Å². The van der Waals surface area contributed by atoms with Crippen LogP contribution in [0.5, 0.6) is 5.75 Å². The molecule has 1 saturated carbocycles. The monoisotopic (exact) mass is 578 g/mol. The van der Waals surface area contributed by atoms with Crippen LogP contribution in [0.15, 0.2) is 41.2 Å². The first-order valence-electron chi connectivity index (χ1n) is 11.3. The highest BCUT2D eigenvalue weighted by atomic mass is 35.5. The largest absolute Gasteiger partial charge is 0.507 e. The second-order valence-electron chi connectivity index (χ2n) is 9.09. The number of H-pyrrole nitrogens is 1. The molecule has 4 rings (SSSR count). The molecule has 1 heterocycles. The van der Waals surface area contributed by atoms with Crippen molar-refractivity contribution in [1.29, 1.82) is 5.26 Å². The number of amides is 2. The fourth-order valence-electron chi connectivity index (χ4n) is 4.71. The molecule has 0 radical (unpaired) electrons. The number of primary amides is 1. The van der Waals surface area contributed by atoms with Gasteiger partial charge in [-0.1, -0.05) is 23.2 Å². The summed E-state index contributed by atoms with van der Waals surface area (Å²) in [6, 6.07) is 8.11. The van der Waals surface area contributed by atoms with Gasteiger partial charge in [-0.25, -0.2) is 0 Å². The van der Waals surface area contributed by atoms with Gasteiger partial charge in [-0.2, -0.15) is 18.4 Å². The van der Waals surface area contributed by atoms with Crippen LogP contribution in [0.2, 0.25) is 10.0 Å². The van der Waals surface area contributed by atoms with Gasteiger partial charge in [-0.3, -0.25) is 14.4 Å². The van der Waals surface area contributed by atoms with Crippen molar-refractivity contribution >= 4 is 35.0 Å². The lowest BCUT2D eigenvalue weighted by Gasteiger charge is -2.16. The molecule has 0 spiro atoms. The second-order valence-corrected chi connectivity index (χ2v) is 9.93. The number of carbonyl (C=O) groups is 2. The number of carbonyl (C=O) groups excluding carboxylic acids is 2. The number of aromatic nitrogens is 1. The molecule has 202 valence electrons. The third-order valence-electron chi connectivity index (χ3n) is 6.82. The standard InChI is InChI=1S/C26H19Cl2F3N4O4/c1-34-24(39)25(23(33)38)9-13(25)4-11-5-14(27)7-17(21(11)36)20-8-15(18(10-32)22(37)35-20)16-6-12(26(29,30)31)2-3-19(16)28/h2-3,5-8,13,36H,4,9H2,1H3,(H2,33,38)(H,34,39)(H,35,37). The Bertz CT molecular complexity index is 1630. The van der Waals surface area contributed by atoms with E-state index in [1.807, 2.05) is 0 Å². The number of hydrogen-bond acceptors (Lipinski definition) is 5. The summed E-state index contributed by atoms with van der Waals surface area (Å²) in [6.07, 6.45) is -4.54. The molecule has 13 heteroatoms. The molecular formula is C26H19Cl2F3N4O4. The van der Waals surface area contributed by atoms with Crippen LogP contribution in [0, 0.1) is 22.7 Å². The minimum Gasteiger partial charge on any atom is -0.507 e. The molecule has 0 aliphatic heterocycles. The van der Waals surface area contributed by atoms with Crippen molar-refractivity contribution in [2.75, 3.05) is 7.05 Å². The van der Waals surface area contributed by atoms with Crippen LogP contribution >= 0.6 is 23.2 Å². The predicted molar refractivity (Wildman–Crippen MR) is 137 cm³/mol. The van der Waals surface area contributed by atoms with Gasteiger partial charge >= 0.3 is 6.18 Å². The first kappa shape index (κ1) is 28.0. The number of aromatic hydroxyl groups is 1. The van der Waals surface area contributed by atoms with E-state index < -0.39 is 46.0 Å². The quantitative estimate of drug-likeness (QED) is 0.320. The summed E-state index contributed by atoms with van der Waals surface area (Å²) >= 11 is 12.4. The highest BCUT2D eigenvalue weighted by molar-refractivity contribution is 6.33. The smallest absolute Gasteiger partial charge is 0.416 e. The van der Waals surface area contributed by atoms with Crippen molar-refractivity contribution in [3.63, 3.8) is 0 Å². The number of alkyl halides is 3. The number of phenolic OH excluding ortho intramolecular Hbond substituents is 1. The van der Waals surface area contributed by atoms with Gasteiger partial charge in [0.15, 0.2) is 0 Å². The van der Waals surface area contributed by atoms with Gasteiger partial charge < -0.3 is 21.1 Å². The zero-order valence-corrected chi connectivity index (χ0v) is 21.6. The zero-order valence-electron chi connectivity index (χ0n) is 20.0. The van der Waals surface area contributed by atoms with Crippen molar-refractivity contribution < 1.29 is 27.9 Å². The topological polar surface area (TPSA) is 149 Å². The van der Waals surface area contributed by atoms with Crippen molar-refractivity contribution in [2.45, 2.75) is 19.0 Å². The molecule has 1 aliphatic rings. The third kappa shape index (κ3) is 4.93. The van der Waals surface area contributed by atoms with E-state index in [-0.39, 0.29) is 56.6 Å². The number of rotatable bonds is 6. The zero-order chi connectivity index (χ0) is 28.9. The van der Waals surface area contributed by atoms with Crippen LogP contribution in [-0.4, -0.2) is 29.0 Å². The van der Waals surface area contributed by atoms with Crippen molar-refractivity contribution in [1.82, 2.24) is 10.3 Å². The van der Waals surface area contributed by atoms with Gasteiger partial charge in [0.25, 0.3) is 5.56 Å². The number of nitrogens with one attached hydrogen (secondary N) is 2. The number of nitriles is 1. The Hall–Kier alpha value is -4.01. The van der Waals surface area contributed by atoms with Crippen LogP contribution in [0.25, 0.3) is 22.4 Å². The average molecular weight is 579 g/mol. The van der Waals surface area contributed by atoms with E-state index >= 15 is 0 Å². The van der Waals surface area contributed by atoms with Crippen molar-refractivity contribution in [3.8, 4) is 34.2 Å². The van der Waals surface area contributed by atoms with E-state index in [1.165, 1.54) is 25.2 Å². The number of pyridine rings is 1. The summed E-state index contributed by atoms with van der Waals surface area (Å²) < 4.78 is 40.1. The van der Waals surface area contributed by atoms with E-state index in [4.69, 9.17) is 28.9 Å². The van der Waals surface area contributed by atoms with E-state index in [1.54, 1.807) is 6.07 Å². The van der Waals surface area contributed by atoms with E-state index in [0.29, 0.717) is 0 Å². The summed E-state index contributed by atoms with van der Waals surface area (Å²) in [5.74, 6) is -2.26. The molecule has 8 nitrogen and oxygen atoms in total. The Kier molecular flexibility index (Phi) is 7.14. The molecule has 2 amide bonds. The maximum atomic E-state index is 13.4. The minimum atomic E-state index is -4.71. The first-order valence-corrected chi connectivity index (χ1v) is 12.1. The summed E-state index contributed by atoms with van der Waals surface area (Å²) in [6.45, 7) is 0. The van der Waals surface area contributed by atoms with E-state index in [2.05, 4.69) is 10.3 Å². The summed E-state index contributed by atoms with van der Waals surface area (Å²) in [5.41, 5.74) is 1.32. The van der Waals surface area contributed by atoms with Gasteiger partial charge in [0.2, 0.25) is 11.8 Å². The summed E-state index contributed by atoms with van der Waals surface area (Å²) in [4.78, 5) is 39.6. The second kappa shape index (κ2) is 9.94. The lowest BCUT2D eigenvalue weighted by Crippen LogP contribution is -2.40. The van der Waals surface area contributed by atoms with Crippen LogP contribution in [0.1, 0.15) is 23.1 Å². The van der Waals surface area contributed by atoms with Crippen molar-refractivity contribution in [3.05, 3.63) is 73.5 Å². The Balaban J connectivity index is 1.84. The van der Waals surface area contributed by atoms with Gasteiger partial charge in [-0.05, 0) is 60.7 Å². The number of nitrogens with zero attached hydrogens (tertiary/aromatic N) is 1. The molecule has 0 bridgehead atoms. The van der Waals surface area contributed by atoms with Gasteiger partial charge in [0.1, 0.15) is 22.8 Å². The lowest BCUT2D eigenvalue weighted by molar-refractivity contribution is -0.138. The summed E-state index contributed by atoms with van der Waals surface area (Å²) in [7, 11) is 1.37. The molecule has 2 aromatic carbocycles. The van der Waals surface area contributed by atoms with Gasteiger partial charge in [0, 0.05) is 33.8 Å². The van der Waals surface area contributed by atoms with Gasteiger partial charge in [-0.15, -0.1) is 0 Å². The normalized spacial score (nSPS) is 18.3. The number of hydrogen-bond donors (Lipinski definition) is 4. The van der Waals surface area contributed by atoms with Crippen LogP contribution < -0.4 is 16.6 Å². The van der Waals surface area contributed by atoms with E-state index in [0.717, 1.165) is 18.2 Å². The summed E-state index contributed by atoms with van der Waals surface area (Å²) in [5, 5.41) is 23.1. The maximum absolute atomic E-state index is 13.4. The number of phenols is 1. The predicted octanol–water partition coefficient (Wildman–Crippen LogP) is 4.39. The van der Waals surface area contributed by atoms with Crippen molar-refractivity contribution in [2.24, 2.45) is 17.1 Å². The number of halogens is 5. The van der Waals surface area contributed by atoms with E-state index in [9.17, 15) is 37.9 Å². The molecule has 2 unspecified atom stereocenters. The molecule has 1 aliphatic carbocycles. The number of benzene rings is 2. The molecule has 1 fully saturated rings. The Morgan fingerprint density at radius 3 is 2.49 bits per heavy atom. The highest BCUT2D eigenvalue weighted by Gasteiger charge is 2.64. The molecule has 1 aromatic heterocycles. The molecule has 5 N–H and O–H groups in total. The molecular weight excluding hydrogens is 560 g/mol. The fourth-order valence-corrected chi connectivity index (χ4v) is 5.17. The number of nitrogens with two attached hydrogens (primary N) is 1. The minimum absolute atomic E-state index is 0.00583. The van der Waals surface area contributed by atoms with Gasteiger partial charge in [0.05, 0.1) is 11.3 Å². The molecule has 3 aromatic rings. The SMILES string of the molecule is CNC(=O)C1(C(N)=O)CC1Cc1cc(Cl)cc(-c2cc(-c3cc(C(F)(F)F)ccc3Cl)c(C#N)c(=O)[nH]2)c1O. The fraction of sp³-hybridized carbons (Fsp3) is 0.231. The van der Waals surface area contributed by atoms with Crippen LogP contribution in [0.4, 0.5) is 13.2 Å². The highest BCUT2D eigenvalue weighted by Crippen LogP contribution is 2.55. The Morgan fingerprint density at radius 2 is 1.90 bits per heavy atom. The molecule has 0 saturated heterocycles. The average Bonchev–Trinajstić information content (AvgIpc) is 3.59. The number of aromatic amines is 1. The molecule has 2 atom stereocenters. The first-order chi connectivity index (χ1) is 18.2. The lowest BCUT2D eigenvalue weighted by atomic mass is 9.94. The third-order valence-corrected chi connectivity index (χ3v) is 7.36. The molecule has 39 heavy (non-hydrogen) atoms.